The van der Waals surface area contributed by atoms with Gasteiger partial charge in [-0.1, -0.05) is 23.7 Å². The molecule has 7 nitrogen and oxygen atoms in total. The number of amides is 1. The third-order valence-electron chi connectivity index (χ3n) is 5.75. The molecule has 1 atom stereocenters. The number of carbonyl (C=O) groups excluding carboxylic acids is 1. The second-order valence-electron chi connectivity index (χ2n) is 7.96. The molecule has 4 aromatic rings. The van der Waals surface area contributed by atoms with Crippen molar-refractivity contribution in [3.8, 4) is 22.8 Å². The molecule has 4 heterocycles. The van der Waals surface area contributed by atoms with Crippen molar-refractivity contribution in [1.82, 2.24) is 25.1 Å². The van der Waals surface area contributed by atoms with Gasteiger partial charge in [-0.3, -0.25) is 14.9 Å². The lowest BCUT2D eigenvalue weighted by atomic mass is 10.0. The van der Waals surface area contributed by atoms with Gasteiger partial charge in [-0.05, 0) is 61.7 Å². The fourth-order valence-corrected chi connectivity index (χ4v) is 4.35. The summed E-state index contributed by atoms with van der Waals surface area (Å²) in [5.41, 5.74) is 4.10. The number of ether oxygens (including phenoxy) is 1. The third kappa shape index (κ3) is 4.32. The Bertz CT molecular complexity index is 1290. The zero-order valence-electron chi connectivity index (χ0n) is 18.0. The molecule has 1 fully saturated rings. The molecule has 0 unspecified atom stereocenters. The number of hydrogen-bond acceptors (Lipinski definition) is 5. The average Bonchev–Trinajstić information content (AvgIpc) is 3.50. The van der Waals surface area contributed by atoms with Gasteiger partial charge in [0.25, 0.3) is 5.91 Å². The summed E-state index contributed by atoms with van der Waals surface area (Å²) >= 11 is 6.21. The number of aromatic amines is 1. The molecule has 8 heteroatoms. The van der Waals surface area contributed by atoms with Gasteiger partial charge in [0.2, 0.25) is 5.88 Å². The van der Waals surface area contributed by atoms with Crippen LogP contribution in [0.15, 0.2) is 67.1 Å². The van der Waals surface area contributed by atoms with Crippen molar-refractivity contribution in [3.05, 3.63) is 89.1 Å². The lowest BCUT2D eigenvalue weighted by Crippen LogP contribution is -2.31. The van der Waals surface area contributed by atoms with Crippen molar-refractivity contribution < 1.29 is 9.53 Å². The van der Waals surface area contributed by atoms with E-state index >= 15 is 0 Å². The maximum absolute atomic E-state index is 13.7. The van der Waals surface area contributed by atoms with Crippen molar-refractivity contribution in [2.24, 2.45) is 0 Å². The van der Waals surface area contributed by atoms with Crippen molar-refractivity contribution in [1.29, 1.82) is 0 Å². The number of H-pyrrole nitrogens is 1. The molecular weight excluding hydrogens is 438 g/mol. The number of likely N-dealkylation sites (tertiary alicyclic amines) is 1. The van der Waals surface area contributed by atoms with Gasteiger partial charge in [0.05, 0.1) is 24.1 Å². The predicted octanol–water partition coefficient (Wildman–Crippen LogP) is 5.60. The summed E-state index contributed by atoms with van der Waals surface area (Å²) in [7, 11) is 0. The molecule has 1 aliphatic heterocycles. The van der Waals surface area contributed by atoms with Crippen LogP contribution in [0.3, 0.4) is 0 Å². The highest BCUT2D eigenvalue weighted by molar-refractivity contribution is 6.30. The molecule has 166 valence electrons. The van der Waals surface area contributed by atoms with E-state index in [9.17, 15) is 4.79 Å². The van der Waals surface area contributed by atoms with E-state index in [1.807, 2.05) is 48.2 Å². The Morgan fingerprint density at radius 2 is 2.06 bits per heavy atom. The summed E-state index contributed by atoms with van der Waals surface area (Å²) in [5, 5.41) is 8.04. The first-order valence-corrected chi connectivity index (χ1v) is 11.1. The van der Waals surface area contributed by atoms with Crippen molar-refractivity contribution in [2.75, 3.05) is 6.54 Å². The van der Waals surface area contributed by atoms with Crippen LogP contribution in [0.5, 0.6) is 11.6 Å². The summed E-state index contributed by atoms with van der Waals surface area (Å²) in [6.45, 7) is 2.54. The zero-order chi connectivity index (χ0) is 22.8. The van der Waals surface area contributed by atoms with Crippen LogP contribution in [0, 0.1) is 6.92 Å². The van der Waals surface area contributed by atoms with E-state index in [1.165, 1.54) is 0 Å². The first kappa shape index (κ1) is 21.2. The molecule has 0 radical (unpaired) electrons. The number of nitrogens with zero attached hydrogens (tertiary/aromatic N) is 4. The van der Waals surface area contributed by atoms with E-state index in [0.29, 0.717) is 22.9 Å². The summed E-state index contributed by atoms with van der Waals surface area (Å²) < 4.78 is 5.92. The average molecular weight is 460 g/mol. The van der Waals surface area contributed by atoms with E-state index in [-0.39, 0.29) is 17.8 Å². The second kappa shape index (κ2) is 9.03. The van der Waals surface area contributed by atoms with Gasteiger partial charge in [0, 0.05) is 29.0 Å². The van der Waals surface area contributed by atoms with Crippen LogP contribution in [0.25, 0.3) is 11.1 Å². The van der Waals surface area contributed by atoms with Crippen LogP contribution in [0.4, 0.5) is 0 Å². The Balaban J connectivity index is 1.45. The molecule has 1 saturated heterocycles. The quantitative estimate of drug-likeness (QED) is 0.420. The lowest BCUT2D eigenvalue weighted by molar-refractivity contribution is 0.0730. The molecule has 0 bridgehead atoms. The topological polar surface area (TPSA) is 84.0 Å². The molecule has 1 amide bonds. The van der Waals surface area contributed by atoms with Crippen molar-refractivity contribution >= 4 is 17.5 Å². The van der Waals surface area contributed by atoms with Crippen LogP contribution >= 0.6 is 11.6 Å². The van der Waals surface area contributed by atoms with Crippen LogP contribution in [-0.2, 0) is 0 Å². The normalized spacial score (nSPS) is 15.6. The fourth-order valence-electron chi connectivity index (χ4n) is 4.16. The van der Waals surface area contributed by atoms with E-state index < -0.39 is 0 Å². The van der Waals surface area contributed by atoms with Crippen LogP contribution in [0.2, 0.25) is 5.02 Å². The first-order chi connectivity index (χ1) is 16.1. The number of rotatable bonds is 5. The van der Waals surface area contributed by atoms with Crippen LogP contribution < -0.4 is 4.74 Å². The Labute approximate surface area is 196 Å². The minimum absolute atomic E-state index is 0.132. The van der Waals surface area contributed by atoms with Gasteiger partial charge in [0.1, 0.15) is 11.3 Å². The molecule has 0 spiro atoms. The SMILES string of the molecule is Cc1ccc(Oc2ncccc2C(=O)N2CCC[C@@H]2c2[nH]ncc2-c2cccc(Cl)c2)cn1. The minimum atomic E-state index is -0.136. The zero-order valence-corrected chi connectivity index (χ0v) is 18.8. The highest BCUT2D eigenvalue weighted by atomic mass is 35.5. The summed E-state index contributed by atoms with van der Waals surface area (Å²) in [6, 6.07) is 14.7. The number of nitrogens with one attached hydrogen (secondary N) is 1. The molecule has 1 aromatic carbocycles. The van der Waals surface area contributed by atoms with E-state index in [4.69, 9.17) is 16.3 Å². The summed E-state index contributed by atoms with van der Waals surface area (Å²) in [5.74, 6) is 0.661. The maximum Gasteiger partial charge on any atom is 0.259 e. The summed E-state index contributed by atoms with van der Waals surface area (Å²) in [4.78, 5) is 24.1. The Kier molecular flexibility index (Phi) is 5.79. The number of hydrogen-bond donors (Lipinski definition) is 1. The van der Waals surface area contributed by atoms with Gasteiger partial charge >= 0.3 is 0 Å². The highest BCUT2D eigenvalue weighted by Gasteiger charge is 2.34. The maximum atomic E-state index is 13.7. The molecule has 5 rings (SSSR count). The van der Waals surface area contributed by atoms with Crippen molar-refractivity contribution in [2.45, 2.75) is 25.8 Å². The molecule has 33 heavy (non-hydrogen) atoms. The van der Waals surface area contributed by atoms with Crippen molar-refractivity contribution in [3.63, 3.8) is 0 Å². The van der Waals surface area contributed by atoms with E-state index in [0.717, 1.165) is 35.4 Å². The number of aryl methyl sites for hydroxylation is 1. The number of benzene rings is 1. The van der Waals surface area contributed by atoms with E-state index in [1.54, 1.807) is 30.7 Å². The van der Waals surface area contributed by atoms with Crippen LogP contribution in [-0.4, -0.2) is 37.5 Å². The second-order valence-corrected chi connectivity index (χ2v) is 8.39. The number of halogens is 1. The minimum Gasteiger partial charge on any atom is -0.437 e. The molecule has 0 aliphatic carbocycles. The highest BCUT2D eigenvalue weighted by Crippen LogP contribution is 2.38. The Morgan fingerprint density at radius 3 is 2.88 bits per heavy atom. The number of carbonyl (C=O) groups is 1. The molecule has 0 saturated carbocycles. The molecular formula is C25H22ClN5O2. The van der Waals surface area contributed by atoms with Gasteiger partial charge in [-0.15, -0.1) is 0 Å². The first-order valence-electron chi connectivity index (χ1n) is 10.8. The lowest BCUT2D eigenvalue weighted by Gasteiger charge is -2.25. The Morgan fingerprint density at radius 1 is 1.15 bits per heavy atom. The van der Waals surface area contributed by atoms with E-state index in [2.05, 4.69) is 20.2 Å². The fraction of sp³-hybridized carbons (Fsp3) is 0.200. The molecule has 1 aliphatic rings. The smallest absolute Gasteiger partial charge is 0.259 e. The third-order valence-corrected chi connectivity index (χ3v) is 5.99. The molecule has 1 N–H and O–H groups in total. The monoisotopic (exact) mass is 459 g/mol. The molecule has 3 aromatic heterocycles. The largest absolute Gasteiger partial charge is 0.437 e. The van der Waals surface area contributed by atoms with Gasteiger partial charge in [-0.2, -0.15) is 5.10 Å². The predicted molar refractivity (Wildman–Crippen MR) is 125 cm³/mol. The Hall–Kier alpha value is -3.71. The summed E-state index contributed by atoms with van der Waals surface area (Å²) in [6.07, 6.45) is 6.74. The van der Waals surface area contributed by atoms with Gasteiger partial charge < -0.3 is 9.64 Å². The van der Waals surface area contributed by atoms with Crippen LogP contribution in [0.1, 0.15) is 40.6 Å². The standard InChI is InChI=1S/C25H22ClN5O2/c1-16-9-10-19(14-28-16)33-24-20(7-3-11-27-24)25(32)31-12-4-8-22(31)23-21(15-29-30-23)17-5-2-6-18(26)13-17/h2-3,5-7,9-11,13-15,22H,4,8,12H2,1H3,(H,29,30)/t22-/m1/s1. The number of aromatic nitrogens is 4. The van der Waals surface area contributed by atoms with Gasteiger partial charge in [0.15, 0.2) is 0 Å². The number of pyridine rings is 2. The van der Waals surface area contributed by atoms with Gasteiger partial charge in [-0.25, -0.2) is 4.98 Å².